The van der Waals surface area contributed by atoms with E-state index in [1.165, 1.54) is 6.07 Å². The van der Waals surface area contributed by atoms with Crippen LogP contribution in [0.1, 0.15) is 59.5 Å². The SMILES string of the molecule is CC(C)(OC(=O)c1cccc(C(=O)OC(C)(C)c2ccccc2)c1)c1ccccc1. The van der Waals surface area contributed by atoms with Crippen molar-refractivity contribution in [3.05, 3.63) is 107 Å². The summed E-state index contributed by atoms with van der Waals surface area (Å²) in [6, 6.07) is 25.5. The smallest absolute Gasteiger partial charge is 0.339 e. The van der Waals surface area contributed by atoms with Crippen LogP contribution in [0, 0.1) is 0 Å². The Balaban J connectivity index is 1.75. The van der Waals surface area contributed by atoms with Gasteiger partial charge in [0.1, 0.15) is 11.2 Å². The molecule has 0 saturated heterocycles. The van der Waals surface area contributed by atoms with Gasteiger partial charge in [-0.25, -0.2) is 9.59 Å². The molecular weight excluding hydrogens is 376 g/mol. The third kappa shape index (κ3) is 4.95. The maximum Gasteiger partial charge on any atom is 0.339 e. The van der Waals surface area contributed by atoms with Crippen LogP contribution in [0.4, 0.5) is 0 Å². The van der Waals surface area contributed by atoms with Crippen LogP contribution in [0.15, 0.2) is 84.9 Å². The van der Waals surface area contributed by atoms with E-state index in [0.29, 0.717) is 11.1 Å². The number of carbonyl (C=O) groups excluding carboxylic acids is 2. The van der Waals surface area contributed by atoms with Gasteiger partial charge in [-0.1, -0.05) is 66.7 Å². The Morgan fingerprint density at radius 2 is 0.933 bits per heavy atom. The van der Waals surface area contributed by atoms with Gasteiger partial charge < -0.3 is 9.47 Å². The monoisotopic (exact) mass is 402 g/mol. The highest BCUT2D eigenvalue weighted by atomic mass is 16.6. The molecule has 4 heteroatoms. The lowest BCUT2D eigenvalue weighted by molar-refractivity contribution is -0.00315. The van der Waals surface area contributed by atoms with E-state index in [9.17, 15) is 9.59 Å². The van der Waals surface area contributed by atoms with E-state index in [4.69, 9.17) is 9.47 Å². The largest absolute Gasteiger partial charge is 0.451 e. The molecule has 0 aromatic heterocycles. The number of rotatable bonds is 6. The first-order valence-electron chi connectivity index (χ1n) is 9.87. The first-order chi connectivity index (χ1) is 14.2. The highest BCUT2D eigenvalue weighted by molar-refractivity contribution is 5.95. The van der Waals surface area contributed by atoms with E-state index in [1.807, 2.05) is 88.4 Å². The van der Waals surface area contributed by atoms with Crippen molar-refractivity contribution >= 4 is 11.9 Å². The molecule has 0 radical (unpaired) electrons. The standard InChI is InChI=1S/C26H26O4/c1-25(2,21-14-7-5-8-15-21)29-23(27)19-12-11-13-20(18-19)24(28)30-26(3,4)22-16-9-6-10-17-22/h5-18H,1-4H3. The summed E-state index contributed by atoms with van der Waals surface area (Å²) in [6.45, 7) is 7.34. The lowest BCUT2D eigenvalue weighted by Crippen LogP contribution is -2.26. The quantitative estimate of drug-likeness (QED) is 0.484. The van der Waals surface area contributed by atoms with Crippen molar-refractivity contribution in [1.29, 1.82) is 0 Å². The summed E-state index contributed by atoms with van der Waals surface area (Å²) in [5.41, 5.74) is 0.767. The molecule has 0 heterocycles. The second-order valence-corrected chi connectivity index (χ2v) is 8.11. The minimum absolute atomic E-state index is 0.297. The summed E-state index contributed by atoms with van der Waals surface area (Å²) >= 11 is 0. The molecule has 0 fully saturated rings. The van der Waals surface area contributed by atoms with Gasteiger partial charge in [0.15, 0.2) is 0 Å². The van der Waals surface area contributed by atoms with Crippen LogP contribution >= 0.6 is 0 Å². The summed E-state index contributed by atoms with van der Waals surface area (Å²) < 4.78 is 11.4. The van der Waals surface area contributed by atoms with Crippen molar-refractivity contribution < 1.29 is 19.1 Å². The van der Waals surface area contributed by atoms with Crippen LogP contribution in [0.25, 0.3) is 0 Å². The number of hydrogen-bond donors (Lipinski definition) is 0. The van der Waals surface area contributed by atoms with E-state index in [-0.39, 0.29) is 0 Å². The van der Waals surface area contributed by atoms with E-state index in [0.717, 1.165) is 11.1 Å². The Kier molecular flexibility index (Phi) is 6.06. The van der Waals surface area contributed by atoms with Gasteiger partial charge in [0.05, 0.1) is 11.1 Å². The van der Waals surface area contributed by atoms with Crippen molar-refractivity contribution in [1.82, 2.24) is 0 Å². The molecule has 0 spiro atoms. The van der Waals surface area contributed by atoms with Crippen LogP contribution in [-0.2, 0) is 20.7 Å². The fourth-order valence-electron chi connectivity index (χ4n) is 3.15. The van der Waals surface area contributed by atoms with Crippen molar-refractivity contribution in [3.63, 3.8) is 0 Å². The molecule has 0 saturated carbocycles. The van der Waals surface area contributed by atoms with Crippen molar-refractivity contribution in [2.24, 2.45) is 0 Å². The molecule has 0 aliphatic carbocycles. The van der Waals surface area contributed by atoms with Gasteiger partial charge in [0, 0.05) is 0 Å². The third-order valence-corrected chi connectivity index (χ3v) is 4.97. The summed E-state index contributed by atoms with van der Waals surface area (Å²) in [5, 5.41) is 0. The second-order valence-electron chi connectivity index (χ2n) is 8.11. The van der Waals surface area contributed by atoms with Gasteiger partial charge in [-0.05, 0) is 57.0 Å². The van der Waals surface area contributed by atoms with E-state index >= 15 is 0 Å². The molecule has 0 aliphatic rings. The van der Waals surface area contributed by atoms with Crippen LogP contribution in [0.5, 0.6) is 0 Å². The average molecular weight is 402 g/mol. The fourth-order valence-corrected chi connectivity index (χ4v) is 3.15. The Hall–Kier alpha value is -3.40. The molecular formula is C26H26O4. The van der Waals surface area contributed by atoms with Crippen molar-refractivity contribution in [2.75, 3.05) is 0 Å². The molecule has 0 atom stereocenters. The van der Waals surface area contributed by atoms with E-state index < -0.39 is 23.1 Å². The van der Waals surface area contributed by atoms with E-state index in [2.05, 4.69) is 0 Å². The Morgan fingerprint density at radius 3 is 1.30 bits per heavy atom. The zero-order chi connectivity index (χ0) is 21.8. The van der Waals surface area contributed by atoms with Crippen molar-refractivity contribution in [3.8, 4) is 0 Å². The normalized spacial score (nSPS) is 11.6. The molecule has 0 amide bonds. The maximum atomic E-state index is 12.7. The Morgan fingerprint density at radius 1 is 0.567 bits per heavy atom. The summed E-state index contributed by atoms with van der Waals surface area (Å²) in [4.78, 5) is 25.5. The molecule has 0 unspecified atom stereocenters. The number of hydrogen-bond acceptors (Lipinski definition) is 4. The summed E-state index contributed by atoms with van der Waals surface area (Å²) in [7, 11) is 0. The minimum Gasteiger partial charge on any atom is -0.451 e. The number of esters is 2. The molecule has 4 nitrogen and oxygen atoms in total. The molecule has 3 aromatic rings. The Labute approximate surface area is 177 Å². The maximum absolute atomic E-state index is 12.7. The first-order valence-corrected chi connectivity index (χ1v) is 9.87. The van der Waals surface area contributed by atoms with Crippen LogP contribution < -0.4 is 0 Å². The zero-order valence-corrected chi connectivity index (χ0v) is 17.7. The highest BCUT2D eigenvalue weighted by Crippen LogP contribution is 2.27. The fraction of sp³-hybridized carbons (Fsp3) is 0.231. The molecule has 0 N–H and O–H groups in total. The van der Waals surface area contributed by atoms with Gasteiger partial charge in [-0.3, -0.25) is 0 Å². The molecule has 3 aromatic carbocycles. The molecule has 3 rings (SSSR count). The lowest BCUT2D eigenvalue weighted by atomic mass is 9.98. The van der Waals surface area contributed by atoms with E-state index in [1.54, 1.807) is 18.2 Å². The van der Waals surface area contributed by atoms with Gasteiger partial charge in [0.2, 0.25) is 0 Å². The van der Waals surface area contributed by atoms with Gasteiger partial charge in [0.25, 0.3) is 0 Å². The van der Waals surface area contributed by atoms with Crippen LogP contribution in [-0.4, -0.2) is 11.9 Å². The zero-order valence-electron chi connectivity index (χ0n) is 17.7. The van der Waals surface area contributed by atoms with Crippen molar-refractivity contribution in [2.45, 2.75) is 38.9 Å². The molecule has 0 aliphatic heterocycles. The lowest BCUT2D eigenvalue weighted by Gasteiger charge is -2.26. The molecule has 30 heavy (non-hydrogen) atoms. The molecule has 0 bridgehead atoms. The predicted molar refractivity (Wildman–Crippen MR) is 116 cm³/mol. The second kappa shape index (κ2) is 8.54. The average Bonchev–Trinajstić information content (AvgIpc) is 2.74. The predicted octanol–water partition coefficient (Wildman–Crippen LogP) is 5.87. The number of benzene rings is 3. The van der Waals surface area contributed by atoms with Crippen LogP contribution in [0.2, 0.25) is 0 Å². The molecule has 154 valence electrons. The minimum atomic E-state index is -0.801. The Bertz CT molecular complexity index is 940. The first kappa shape index (κ1) is 21.3. The van der Waals surface area contributed by atoms with Gasteiger partial charge >= 0.3 is 11.9 Å². The van der Waals surface area contributed by atoms with Crippen LogP contribution in [0.3, 0.4) is 0 Å². The third-order valence-electron chi connectivity index (χ3n) is 4.97. The number of carbonyl (C=O) groups is 2. The highest BCUT2D eigenvalue weighted by Gasteiger charge is 2.28. The van der Waals surface area contributed by atoms with Gasteiger partial charge in [-0.15, -0.1) is 0 Å². The summed E-state index contributed by atoms with van der Waals surface area (Å²) in [6.07, 6.45) is 0. The summed E-state index contributed by atoms with van der Waals surface area (Å²) in [5.74, 6) is -0.998. The van der Waals surface area contributed by atoms with Gasteiger partial charge in [-0.2, -0.15) is 0 Å². The topological polar surface area (TPSA) is 52.6 Å². The number of ether oxygens (including phenoxy) is 2.